The summed E-state index contributed by atoms with van der Waals surface area (Å²) in [5.41, 5.74) is 4.06. The van der Waals surface area contributed by atoms with Gasteiger partial charge in [-0.25, -0.2) is 9.59 Å². The van der Waals surface area contributed by atoms with E-state index >= 15 is 0 Å². The second kappa shape index (κ2) is 9.70. The Hall–Kier alpha value is -3.26. The molecule has 1 aliphatic rings. The molecule has 0 radical (unpaired) electrons. The summed E-state index contributed by atoms with van der Waals surface area (Å²) in [5, 5.41) is 5.53. The van der Waals surface area contributed by atoms with Crippen LogP contribution in [-0.4, -0.2) is 44.2 Å². The van der Waals surface area contributed by atoms with Gasteiger partial charge < -0.3 is 24.5 Å². The number of nitrogens with zero attached hydrogens (tertiary/aromatic N) is 1. The Balaban J connectivity index is 1.89. The van der Waals surface area contributed by atoms with E-state index in [1.165, 1.54) is 6.26 Å². The first-order chi connectivity index (χ1) is 14.8. The van der Waals surface area contributed by atoms with E-state index in [1.54, 1.807) is 26.2 Å². The first-order valence-corrected chi connectivity index (χ1v) is 10.2. The third kappa shape index (κ3) is 5.08. The van der Waals surface area contributed by atoms with Crippen molar-refractivity contribution in [2.24, 2.45) is 0 Å². The molecule has 0 aliphatic carbocycles. The van der Waals surface area contributed by atoms with Gasteiger partial charge in [-0.05, 0) is 56.6 Å². The van der Waals surface area contributed by atoms with Crippen LogP contribution in [0.3, 0.4) is 0 Å². The molecule has 2 heterocycles. The average Bonchev–Trinajstić information content (AvgIpc) is 3.22. The molecule has 0 spiro atoms. The van der Waals surface area contributed by atoms with E-state index in [-0.39, 0.29) is 6.61 Å². The van der Waals surface area contributed by atoms with Gasteiger partial charge in [0, 0.05) is 18.8 Å². The molecule has 1 unspecified atom stereocenters. The summed E-state index contributed by atoms with van der Waals surface area (Å²) in [4.78, 5) is 27.1. The average molecular weight is 428 g/mol. The first-order valence-electron chi connectivity index (χ1n) is 10.2. The number of carbonyl (C=O) groups excluding carboxylic acids is 2. The monoisotopic (exact) mass is 427 g/mol. The van der Waals surface area contributed by atoms with Gasteiger partial charge >= 0.3 is 12.0 Å². The number of methoxy groups -OCH3 is 1. The number of amides is 2. The van der Waals surface area contributed by atoms with Crippen LogP contribution in [0.25, 0.3) is 0 Å². The fourth-order valence-electron chi connectivity index (χ4n) is 3.95. The molecule has 3 rings (SSSR count). The number of benzene rings is 1. The van der Waals surface area contributed by atoms with Crippen LogP contribution in [0.15, 0.2) is 46.2 Å². The van der Waals surface area contributed by atoms with E-state index in [0.717, 1.165) is 22.4 Å². The molecule has 8 nitrogen and oxygen atoms in total. The van der Waals surface area contributed by atoms with E-state index < -0.39 is 18.0 Å². The first kappa shape index (κ1) is 22.4. The number of likely N-dealkylation sites (N-methyl/N-ethyl adjacent to an activating group) is 1. The molecule has 2 N–H and O–H groups in total. The number of aryl methyl sites for hydroxylation is 2. The number of ether oxygens (including phenoxy) is 2. The molecule has 0 fully saturated rings. The van der Waals surface area contributed by atoms with Gasteiger partial charge in [0.2, 0.25) is 0 Å². The molecule has 2 amide bonds. The third-order valence-electron chi connectivity index (χ3n) is 5.08. The van der Waals surface area contributed by atoms with Gasteiger partial charge in [-0.2, -0.15) is 0 Å². The smallest absolute Gasteiger partial charge is 0.338 e. The lowest BCUT2D eigenvalue weighted by Crippen LogP contribution is -2.48. The van der Waals surface area contributed by atoms with Crippen molar-refractivity contribution in [1.29, 1.82) is 0 Å². The van der Waals surface area contributed by atoms with Crippen molar-refractivity contribution in [1.82, 2.24) is 15.5 Å². The number of furan rings is 1. The van der Waals surface area contributed by atoms with Crippen LogP contribution in [0, 0.1) is 13.8 Å². The van der Waals surface area contributed by atoms with Gasteiger partial charge in [-0.3, -0.25) is 4.90 Å². The van der Waals surface area contributed by atoms with E-state index in [0.29, 0.717) is 30.1 Å². The Morgan fingerprint density at radius 1 is 1.23 bits per heavy atom. The van der Waals surface area contributed by atoms with Crippen LogP contribution in [0.4, 0.5) is 4.79 Å². The van der Waals surface area contributed by atoms with Crippen molar-refractivity contribution < 1.29 is 23.5 Å². The Bertz CT molecular complexity index is 958. The summed E-state index contributed by atoms with van der Waals surface area (Å²) in [6.07, 6.45) is 1.51. The lowest BCUT2D eigenvalue weighted by molar-refractivity contribution is -0.139. The van der Waals surface area contributed by atoms with Gasteiger partial charge in [-0.1, -0.05) is 12.1 Å². The van der Waals surface area contributed by atoms with Crippen molar-refractivity contribution in [3.05, 3.63) is 64.2 Å². The molecule has 8 heteroatoms. The lowest BCUT2D eigenvalue weighted by Gasteiger charge is -2.30. The quantitative estimate of drug-likeness (QED) is 0.629. The van der Waals surface area contributed by atoms with E-state index in [2.05, 4.69) is 22.8 Å². The maximum Gasteiger partial charge on any atom is 0.338 e. The molecular weight excluding hydrogens is 398 g/mol. The molecule has 1 aromatic heterocycles. The molecule has 0 saturated carbocycles. The van der Waals surface area contributed by atoms with E-state index in [4.69, 9.17) is 13.9 Å². The molecule has 1 atom stereocenters. The number of carbonyl (C=O) groups is 2. The van der Waals surface area contributed by atoms with Crippen LogP contribution in [0.2, 0.25) is 0 Å². The summed E-state index contributed by atoms with van der Waals surface area (Å²) < 4.78 is 16.2. The lowest BCUT2D eigenvalue weighted by atomic mass is 9.99. The van der Waals surface area contributed by atoms with E-state index in [1.807, 2.05) is 25.8 Å². The SMILES string of the molecule is CCOC(=O)C1=C(CN(C)Cc2cc(C)c(OC)c(C)c2)NC(=O)NC1c1ccco1. The van der Waals surface area contributed by atoms with Crippen LogP contribution in [0.5, 0.6) is 5.75 Å². The standard InChI is InChI=1S/C23H29N3O5/c1-6-30-22(27)19-17(24-23(28)25-20(19)18-8-7-9-31-18)13-26(4)12-16-10-14(2)21(29-5)15(3)11-16/h7-11,20H,6,12-13H2,1-5H3,(H2,24,25,28). The number of rotatable bonds is 8. The van der Waals surface area contributed by atoms with Gasteiger partial charge in [0.15, 0.2) is 0 Å². The molecule has 2 aromatic rings. The third-order valence-corrected chi connectivity index (χ3v) is 5.08. The fourth-order valence-corrected chi connectivity index (χ4v) is 3.95. The minimum atomic E-state index is -0.711. The zero-order valence-electron chi connectivity index (χ0n) is 18.6. The number of hydrogen-bond acceptors (Lipinski definition) is 6. The summed E-state index contributed by atoms with van der Waals surface area (Å²) in [6, 6.07) is 6.49. The minimum Gasteiger partial charge on any atom is -0.496 e. The minimum absolute atomic E-state index is 0.231. The van der Waals surface area contributed by atoms with Crippen molar-refractivity contribution in [2.75, 3.05) is 27.3 Å². The molecule has 1 aromatic carbocycles. The molecule has 0 bridgehead atoms. The van der Waals surface area contributed by atoms with Crippen LogP contribution < -0.4 is 15.4 Å². The molecule has 1 aliphatic heterocycles. The summed E-state index contributed by atoms with van der Waals surface area (Å²) in [6.45, 7) is 6.97. The predicted molar refractivity (Wildman–Crippen MR) is 116 cm³/mol. The highest BCUT2D eigenvalue weighted by molar-refractivity contribution is 5.95. The summed E-state index contributed by atoms with van der Waals surface area (Å²) in [7, 11) is 3.60. The maximum atomic E-state index is 12.8. The van der Waals surface area contributed by atoms with Gasteiger partial charge in [0.1, 0.15) is 17.6 Å². The Kier molecular flexibility index (Phi) is 7.02. The van der Waals surface area contributed by atoms with E-state index in [9.17, 15) is 9.59 Å². The Morgan fingerprint density at radius 3 is 2.52 bits per heavy atom. The number of hydrogen-bond donors (Lipinski definition) is 2. The van der Waals surface area contributed by atoms with Crippen molar-refractivity contribution in [3.63, 3.8) is 0 Å². The topological polar surface area (TPSA) is 93.0 Å². The van der Waals surface area contributed by atoms with Crippen LogP contribution in [-0.2, 0) is 16.1 Å². The highest BCUT2D eigenvalue weighted by atomic mass is 16.5. The molecule has 31 heavy (non-hydrogen) atoms. The largest absolute Gasteiger partial charge is 0.496 e. The second-order valence-corrected chi connectivity index (χ2v) is 7.59. The molecule has 166 valence electrons. The predicted octanol–water partition coefficient (Wildman–Crippen LogP) is 3.21. The zero-order valence-corrected chi connectivity index (χ0v) is 18.6. The zero-order chi connectivity index (χ0) is 22.5. The molecular formula is C23H29N3O5. The normalized spacial score (nSPS) is 16.2. The van der Waals surface area contributed by atoms with Crippen molar-refractivity contribution >= 4 is 12.0 Å². The van der Waals surface area contributed by atoms with Crippen LogP contribution >= 0.6 is 0 Å². The Labute approximate surface area is 182 Å². The number of esters is 1. The maximum absolute atomic E-state index is 12.8. The Morgan fingerprint density at radius 2 is 1.94 bits per heavy atom. The summed E-state index contributed by atoms with van der Waals surface area (Å²) in [5.74, 6) is 0.862. The van der Waals surface area contributed by atoms with Crippen molar-refractivity contribution in [3.8, 4) is 5.75 Å². The van der Waals surface area contributed by atoms with Gasteiger partial charge in [0.05, 0.1) is 25.6 Å². The highest BCUT2D eigenvalue weighted by Gasteiger charge is 2.35. The fraction of sp³-hybridized carbons (Fsp3) is 0.391. The summed E-state index contributed by atoms with van der Waals surface area (Å²) >= 11 is 0. The van der Waals surface area contributed by atoms with Gasteiger partial charge in [0.25, 0.3) is 0 Å². The number of nitrogens with one attached hydrogen (secondary N) is 2. The van der Waals surface area contributed by atoms with Crippen LogP contribution in [0.1, 0.15) is 35.4 Å². The molecule has 0 saturated heterocycles. The van der Waals surface area contributed by atoms with Gasteiger partial charge in [-0.15, -0.1) is 0 Å². The highest BCUT2D eigenvalue weighted by Crippen LogP contribution is 2.29. The van der Waals surface area contributed by atoms with Crippen molar-refractivity contribution in [2.45, 2.75) is 33.4 Å². The second-order valence-electron chi connectivity index (χ2n) is 7.59. The number of urea groups is 1.